The lowest BCUT2D eigenvalue weighted by Crippen LogP contribution is -2.27. The van der Waals surface area contributed by atoms with E-state index >= 15 is 0 Å². The lowest BCUT2D eigenvalue weighted by molar-refractivity contribution is -0.145. The highest BCUT2D eigenvalue weighted by Crippen LogP contribution is 2.25. The minimum absolute atomic E-state index is 0.0492. The summed E-state index contributed by atoms with van der Waals surface area (Å²) >= 11 is 1.50. The first-order valence-corrected chi connectivity index (χ1v) is 11.2. The maximum Gasteiger partial charge on any atom is 0.307 e. The van der Waals surface area contributed by atoms with Crippen LogP contribution in [0.3, 0.4) is 0 Å². The number of aromatic nitrogens is 2. The first-order chi connectivity index (χ1) is 14.9. The van der Waals surface area contributed by atoms with E-state index < -0.39 is 0 Å². The first-order valence-electron chi connectivity index (χ1n) is 10.4. The van der Waals surface area contributed by atoms with Crippen molar-refractivity contribution >= 4 is 33.4 Å². The maximum absolute atomic E-state index is 12.7. The van der Waals surface area contributed by atoms with Crippen LogP contribution >= 0.6 is 11.3 Å². The standard InChI is InChI=1S/C23H25N3O4S/c1-15-16(2)31-21-20(15)23(29)26(14-24-21)12-9-19(27)30-13-17-5-7-18(8-6-17)22(28)25-10-3-4-11-25/h5-8,14H,3-4,9-13H2,1-2H3. The number of benzene rings is 1. The van der Waals surface area contributed by atoms with Gasteiger partial charge in [0.1, 0.15) is 11.4 Å². The summed E-state index contributed by atoms with van der Waals surface area (Å²) in [5.74, 6) is -0.337. The molecule has 1 aliphatic rings. The number of thiophene rings is 1. The molecule has 1 amide bonds. The minimum Gasteiger partial charge on any atom is -0.461 e. The molecule has 0 radical (unpaired) electrons. The average Bonchev–Trinajstić information content (AvgIpc) is 3.41. The van der Waals surface area contributed by atoms with Crippen LogP contribution in [0, 0.1) is 13.8 Å². The predicted molar refractivity (Wildman–Crippen MR) is 119 cm³/mol. The number of hydrogen-bond acceptors (Lipinski definition) is 6. The number of carbonyl (C=O) groups excluding carboxylic acids is 2. The zero-order valence-electron chi connectivity index (χ0n) is 17.7. The van der Waals surface area contributed by atoms with Crippen LogP contribution in [0.2, 0.25) is 0 Å². The Morgan fingerprint density at radius 1 is 1.13 bits per heavy atom. The normalized spacial score (nSPS) is 13.7. The van der Waals surface area contributed by atoms with E-state index in [9.17, 15) is 14.4 Å². The van der Waals surface area contributed by atoms with E-state index in [1.807, 2.05) is 18.7 Å². The Morgan fingerprint density at radius 2 is 1.84 bits per heavy atom. The summed E-state index contributed by atoms with van der Waals surface area (Å²) in [5, 5.41) is 0.627. The number of esters is 1. The van der Waals surface area contributed by atoms with Crippen molar-refractivity contribution in [3.8, 4) is 0 Å². The highest BCUT2D eigenvalue weighted by Gasteiger charge is 2.19. The Bertz CT molecular complexity index is 1170. The molecule has 162 valence electrons. The number of ether oxygens (including phenoxy) is 1. The molecule has 7 nitrogen and oxygen atoms in total. The zero-order valence-corrected chi connectivity index (χ0v) is 18.5. The summed E-state index contributed by atoms with van der Waals surface area (Å²) in [6, 6.07) is 7.16. The van der Waals surface area contributed by atoms with Gasteiger partial charge in [-0.2, -0.15) is 0 Å². The topological polar surface area (TPSA) is 81.5 Å². The molecule has 4 rings (SSSR count). The van der Waals surface area contributed by atoms with Crippen LogP contribution in [-0.2, 0) is 22.7 Å². The molecule has 8 heteroatoms. The van der Waals surface area contributed by atoms with Gasteiger partial charge < -0.3 is 9.64 Å². The molecule has 1 saturated heterocycles. The quantitative estimate of drug-likeness (QED) is 0.550. The molecule has 1 aromatic carbocycles. The van der Waals surface area contributed by atoms with E-state index in [-0.39, 0.29) is 37.0 Å². The second-order valence-electron chi connectivity index (χ2n) is 7.81. The second-order valence-corrected chi connectivity index (χ2v) is 9.02. The molecule has 3 aromatic rings. The van der Waals surface area contributed by atoms with Crippen molar-refractivity contribution in [1.82, 2.24) is 14.5 Å². The van der Waals surface area contributed by atoms with Gasteiger partial charge in [0.25, 0.3) is 11.5 Å². The third-order valence-corrected chi connectivity index (χ3v) is 6.82. The van der Waals surface area contributed by atoms with Gasteiger partial charge in [-0.05, 0) is 49.9 Å². The molecule has 1 fully saturated rings. The van der Waals surface area contributed by atoms with Crippen LogP contribution in [0.25, 0.3) is 10.2 Å². The summed E-state index contributed by atoms with van der Waals surface area (Å²) in [6.07, 6.45) is 3.69. The lowest BCUT2D eigenvalue weighted by Gasteiger charge is -2.15. The summed E-state index contributed by atoms with van der Waals surface area (Å²) in [4.78, 5) is 45.2. The molecule has 31 heavy (non-hydrogen) atoms. The Labute approximate surface area is 184 Å². The van der Waals surface area contributed by atoms with E-state index in [2.05, 4.69) is 4.98 Å². The molecule has 2 aromatic heterocycles. The Kier molecular flexibility index (Phi) is 6.18. The van der Waals surface area contributed by atoms with Gasteiger partial charge in [0.2, 0.25) is 0 Å². The fraction of sp³-hybridized carbons (Fsp3) is 0.391. The Balaban J connectivity index is 1.31. The Morgan fingerprint density at radius 3 is 2.55 bits per heavy atom. The third-order valence-electron chi connectivity index (χ3n) is 5.71. The highest BCUT2D eigenvalue weighted by atomic mass is 32.1. The van der Waals surface area contributed by atoms with Crippen LogP contribution in [-0.4, -0.2) is 39.4 Å². The smallest absolute Gasteiger partial charge is 0.307 e. The second kappa shape index (κ2) is 9.01. The van der Waals surface area contributed by atoms with Crippen molar-refractivity contribution in [3.05, 3.63) is 62.5 Å². The van der Waals surface area contributed by atoms with Gasteiger partial charge in [-0.3, -0.25) is 19.0 Å². The fourth-order valence-corrected chi connectivity index (χ4v) is 4.71. The minimum atomic E-state index is -0.387. The van der Waals surface area contributed by atoms with E-state index in [1.165, 1.54) is 22.2 Å². The maximum atomic E-state index is 12.7. The zero-order chi connectivity index (χ0) is 22.0. The van der Waals surface area contributed by atoms with Crippen LogP contribution in [0.1, 0.15) is 45.6 Å². The highest BCUT2D eigenvalue weighted by molar-refractivity contribution is 7.18. The van der Waals surface area contributed by atoms with Gasteiger partial charge in [-0.1, -0.05) is 12.1 Å². The summed E-state index contributed by atoms with van der Waals surface area (Å²) in [7, 11) is 0. The number of fused-ring (bicyclic) bond motifs is 1. The summed E-state index contributed by atoms with van der Waals surface area (Å²) < 4.78 is 6.80. The van der Waals surface area contributed by atoms with Crippen molar-refractivity contribution in [3.63, 3.8) is 0 Å². The third kappa shape index (κ3) is 4.54. The molecule has 0 saturated carbocycles. The van der Waals surface area contributed by atoms with Gasteiger partial charge in [0.15, 0.2) is 0 Å². The first kappa shape index (κ1) is 21.2. The molecule has 0 spiro atoms. The molecule has 0 unspecified atom stereocenters. The largest absolute Gasteiger partial charge is 0.461 e. The van der Waals surface area contributed by atoms with Crippen molar-refractivity contribution in [2.24, 2.45) is 0 Å². The number of amides is 1. The van der Waals surface area contributed by atoms with Gasteiger partial charge in [-0.15, -0.1) is 11.3 Å². The number of likely N-dealkylation sites (tertiary alicyclic amines) is 1. The number of carbonyl (C=O) groups is 2. The molecule has 0 bridgehead atoms. The van der Waals surface area contributed by atoms with E-state index in [4.69, 9.17) is 4.74 Å². The molecular formula is C23H25N3O4S. The van der Waals surface area contributed by atoms with E-state index in [0.717, 1.165) is 46.8 Å². The van der Waals surface area contributed by atoms with Crippen molar-refractivity contribution in [2.45, 2.75) is 46.3 Å². The van der Waals surface area contributed by atoms with Crippen molar-refractivity contribution in [2.75, 3.05) is 13.1 Å². The van der Waals surface area contributed by atoms with Crippen LogP contribution in [0.15, 0.2) is 35.4 Å². The molecule has 0 N–H and O–H groups in total. The number of nitrogens with zero attached hydrogens (tertiary/aromatic N) is 3. The van der Waals surface area contributed by atoms with E-state index in [0.29, 0.717) is 10.9 Å². The molecular weight excluding hydrogens is 414 g/mol. The number of hydrogen-bond donors (Lipinski definition) is 0. The Hall–Kier alpha value is -3.00. The van der Waals surface area contributed by atoms with Crippen molar-refractivity contribution < 1.29 is 14.3 Å². The van der Waals surface area contributed by atoms with Crippen LogP contribution < -0.4 is 5.56 Å². The van der Waals surface area contributed by atoms with Gasteiger partial charge in [0, 0.05) is 30.1 Å². The van der Waals surface area contributed by atoms with Gasteiger partial charge >= 0.3 is 5.97 Å². The lowest BCUT2D eigenvalue weighted by atomic mass is 10.1. The van der Waals surface area contributed by atoms with Crippen LogP contribution in [0.4, 0.5) is 0 Å². The average molecular weight is 440 g/mol. The molecule has 0 aliphatic carbocycles. The molecule has 0 atom stereocenters. The van der Waals surface area contributed by atoms with Gasteiger partial charge in [-0.25, -0.2) is 4.98 Å². The molecule has 1 aliphatic heterocycles. The van der Waals surface area contributed by atoms with Crippen molar-refractivity contribution in [1.29, 1.82) is 0 Å². The van der Waals surface area contributed by atoms with Crippen LogP contribution in [0.5, 0.6) is 0 Å². The summed E-state index contributed by atoms with van der Waals surface area (Å²) in [5.41, 5.74) is 2.29. The van der Waals surface area contributed by atoms with E-state index in [1.54, 1.807) is 24.3 Å². The SMILES string of the molecule is Cc1sc2ncn(CCC(=O)OCc3ccc(C(=O)N4CCCC4)cc3)c(=O)c2c1C. The van der Waals surface area contributed by atoms with Gasteiger partial charge in [0.05, 0.1) is 18.1 Å². The number of aryl methyl sites for hydroxylation is 3. The summed E-state index contributed by atoms with van der Waals surface area (Å²) in [6.45, 7) is 5.87. The fourth-order valence-electron chi connectivity index (χ4n) is 3.72. The monoisotopic (exact) mass is 439 g/mol. The number of rotatable bonds is 6. The predicted octanol–water partition coefficient (Wildman–Crippen LogP) is 3.44. The molecule has 3 heterocycles.